The van der Waals surface area contributed by atoms with E-state index in [0.29, 0.717) is 0 Å². The SMILES string of the molecule is Cc1c(C)c(C)c2c(c1C)C(c1ccc3ccccc3c1)(c1ccccc1-c1cccc3ccccc13)c1ccccc1C2(c1ccc2ccccc2c1)c1ccccc1-c1cccc2ccccc12. The highest BCUT2D eigenvalue weighted by atomic mass is 14.6. The molecule has 0 heteroatoms. The molecule has 0 fully saturated rings. The normalized spacial score (nSPS) is 16.4. The zero-order chi connectivity index (χ0) is 47.1. The lowest BCUT2D eigenvalue weighted by Crippen LogP contribution is -2.47. The van der Waals surface area contributed by atoms with E-state index < -0.39 is 10.8 Å². The minimum atomic E-state index is -0.786. The molecule has 70 heavy (non-hydrogen) atoms. The van der Waals surface area contributed by atoms with Crippen molar-refractivity contribution in [3.63, 3.8) is 0 Å². The second-order valence-electron chi connectivity index (χ2n) is 19.6. The minimum Gasteiger partial charge on any atom is -0.0619 e. The van der Waals surface area contributed by atoms with Crippen LogP contribution in [0.3, 0.4) is 0 Å². The zero-order valence-electron chi connectivity index (χ0n) is 40.1. The summed E-state index contributed by atoms with van der Waals surface area (Å²) in [5.41, 5.74) is 19.0. The molecule has 2 unspecified atom stereocenters. The van der Waals surface area contributed by atoms with Gasteiger partial charge >= 0.3 is 0 Å². The molecule has 332 valence electrons. The maximum Gasteiger partial charge on any atom is 0.0716 e. The van der Waals surface area contributed by atoms with E-state index in [4.69, 9.17) is 0 Å². The van der Waals surface area contributed by atoms with Gasteiger partial charge in [0.25, 0.3) is 0 Å². The van der Waals surface area contributed by atoms with Gasteiger partial charge in [-0.15, -0.1) is 0 Å². The molecular formula is C70H52. The lowest BCUT2D eigenvalue weighted by Gasteiger charge is -2.53. The van der Waals surface area contributed by atoms with E-state index in [1.54, 1.807) is 0 Å². The van der Waals surface area contributed by atoms with E-state index >= 15 is 0 Å². The first-order valence-corrected chi connectivity index (χ1v) is 24.8. The molecule has 1 aliphatic carbocycles. The van der Waals surface area contributed by atoms with Gasteiger partial charge in [-0.2, -0.15) is 0 Å². The Morgan fingerprint density at radius 1 is 0.229 bits per heavy atom. The van der Waals surface area contributed by atoms with Crippen molar-refractivity contribution < 1.29 is 0 Å². The summed E-state index contributed by atoms with van der Waals surface area (Å²) in [6.07, 6.45) is 0. The monoisotopic (exact) mass is 892 g/mol. The molecule has 0 spiro atoms. The third-order valence-corrected chi connectivity index (χ3v) is 16.4. The van der Waals surface area contributed by atoms with Crippen molar-refractivity contribution in [2.24, 2.45) is 0 Å². The van der Waals surface area contributed by atoms with Crippen molar-refractivity contribution >= 4 is 43.1 Å². The first kappa shape index (κ1) is 41.8. The summed E-state index contributed by atoms with van der Waals surface area (Å²) in [7, 11) is 0. The molecule has 0 radical (unpaired) electrons. The molecule has 13 rings (SSSR count). The van der Waals surface area contributed by atoms with E-state index in [9.17, 15) is 0 Å². The van der Waals surface area contributed by atoms with Crippen LogP contribution in [-0.2, 0) is 10.8 Å². The van der Waals surface area contributed by atoms with E-state index in [0.717, 1.165) is 0 Å². The van der Waals surface area contributed by atoms with Crippen LogP contribution in [0, 0.1) is 27.7 Å². The van der Waals surface area contributed by atoms with Gasteiger partial charge in [-0.05, 0) is 172 Å². The van der Waals surface area contributed by atoms with Gasteiger partial charge in [0.05, 0.1) is 10.8 Å². The van der Waals surface area contributed by atoms with Crippen molar-refractivity contribution in [1.29, 1.82) is 0 Å². The summed E-state index contributed by atoms with van der Waals surface area (Å²) >= 11 is 0. The Hall–Kier alpha value is -8.32. The molecular weight excluding hydrogens is 841 g/mol. The van der Waals surface area contributed by atoms with Crippen LogP contribution < -0.4 is 0 Å². The Morgan fingerprint density at radius 2 is 0.543 bits per heavy atom. The fraction of sp³-hybridized carbons (Fsp3) is 0.0857. The average molecular weight is 893 g/mol. The molecule has 0 nitrogen and oxygen atoms in total. The molecule has 0 amide bonds. The van der Waals surface area contributed by atoms with Crippen LogP contribution >= 0.6 is 0 Å². The van der Waals surface area contributed by atoms with Crippen LogP contribution in [0.2, 0.25) is 0 Å². The molecule has 0 saturated carbocycles. The van der Waals surface area contributed by atoms with Crippen LogP contribution in [0.4, 0.5) is 0 Å². The van der Waals surface area contributed by atoms with E-state index in [1.807, 2.05) is 0 Å². The van der Waals surface area contributed by atoms with E-state index in [2.05, 4.69) is 270 Å². The van der Waals surface area contributed by atoms with Crippen molar-refractivity contribution in [2.75, 3.05) is 0 Å². The second kappa shape index (κ2) is 16.2. The summed E-state index contributed by atoms with van der Waals surface area (Å²) < 4.78 is 0. The first-order valence-electron chi connectivity index (χ1n) is 24.8. The number of fused-ring (bicyclic) bond motifs is 6. The van der Waals surface area contributed by atoms with Gasteiger partial charge in [-0.3, -0.25) is 0 Å². The molecule has 0 aromatic heterocycles. The fourth-order valence-corrected chi connectivity index (χ4v) is 13.0. The summed E-state index contributed by atoms with van der Waals surface area (Å²) in [6.45, 7) is 9.57. The molecule has 0 N–H and O–H groups in total. The highest BCUT2D eigenvalue weighted by Gasteiger charge is 2.56. The van der Waals surface area contributed by atoms with Crippen molar-refractivity contribution in [3.8, 4) is 22.3 Å². The van der Waals surface area contributed by atoms with Gasteiger partial charge in [0.15, 0.2) is 0 Å². The Kier molecular flexibility index (Phi) is 9.65. The highest BCUT2D eigenvalue weighted by molar-refractivity contribution is 6.01. The Labute approximate surface area is 411 Å². The lowest BCUT2D eigenvalue weighted by molar-refractivity contribution is 0.608. The third kappa shape index (κ3) is 5.90. The van der Waals surface area contributed by atoms with Crippen LogP contribution in [0.15, 0.2) is 243 Å². The Balaban J connectivity index is 1.29. The molecule has 0 bridgehead atoms. The van der Waals surface area contributed by atoms with Gasteiger partial charge in [-0.25, -0.2) is 0 Å². The minimum absolute atomic E-state index is 0.786. The van der Waals surface area contributed by atoms with Crippen LogP contribution in [-0.4, -0.2) is 0 Å². The summed E-state index contributed by atoms with van der Waals surface area (Å²) in [6, 6.07) is 92.0. The van der Waals surface area contributed by atoms with Crippen LogP contribution in [0.1, 0.15) is 66.8 Å². The second-order valence-corrected chi connectivity index (χ2v) is 19.6. The molecule has 12 aromatic carbocycles. The number of benzene rings is 12. The first-order chi connectivity index (χ1) is 34.4. The summed E-state index contributed by atoms with van der Waals surface area (Å²) in [5.74, 6) is 0. The topological polar surface area (TPSA) is 0 Å². The quantitative estimate of drug-likeness (QED) is 0.156. The zero-order valence-corrected chi connectivity index (χ0v) is 40.1. The summed E-state index contributed by atoms with van der Waals surface area (Å²) in [4.78, 5) is 0. The largest absolute Gasteiger partial charge is 0.0716 e. The summed E-state index contributed by atoms with van der Waals surface area (Å²) in [5, 5.41) is 9.89. The molecule has 0 saturated heterocycles. The van der Waals surface area contributed by atoms with Crippen molar-refractivity contribution in [2.45, 2.75) is 38.5 Å². The lowest BCUT2D eigenvalue weighted by atomic mass is 9.48. The predicted molar refractivity (Wildman–Crippen MR) is 296 cm³/mol. The van der Waals surface area contributed by atoms with Crippen molar-refractivity contribution in [3.05, 3.63) is 309 Å². The van der Waals surface area contributed by atoms with Gasteiger partial charge < -0.3 is 0 Å². The van der Waals surface area contributed by atoms with E-state index in [-0.39, 0.29) is 0 Å². The third-order valence-electron chi connectivity index (χ3n) is 16.4. The van der Waals surface area contributed by atoms with Gasteiger partial charge in [0.2, 0.25) is 0 Å². The molecule has 0 aliphatic heterocycles. The maximum atomic E-state index is 2.51. The molecule has 2 atom stereocenters. The number of hydrogen-bond acceptors (Lipinski definition) is 0. The Bertz CT molecular complexity index is 3800. The van der Waals surface area contributed by atoms with Crippen LogP contribution in [0.5, 0.6) is 0 Å². The fourth-order valence-electron chi connectivity index (χ4n) is 13.0. The molecule has 1 aliphatic rings. The number of hydrogen-bond donors (Lipinski definition) is 0. The predicted octanol–water partition coefficient (Wildman–Crippen LogP) is 17.9. The van der Waals surface area contributed by atoms with E-state index in [1.165, 1.54) is 132 Å². The van der Waals surface area contributed by atoms with Gasteiger partial charge in [-0.1, -0.05) is 231 Å². The van der Waals surface area contributed by atoms with Crippen molar-refractivity contribution in [1.82, 2.24) is 0 Å². The smallest absolute Gasteiger partial charge is 0.0619 e. The van der Waals surface area contributed by atoms with Crippen LogP contribution in [0.25, 0.3) is 65.3 Å². The standard InChI is InChI=1S/C70H52/c1-45-46(2)48(4)68-67(47(45)3)69(55-41-39-49-21-5-7-25-53(49)43-55,63-35-15-13-31-61(63)59-33-19-27-51-23-9-11-29-57(51)59)65-37-17-18-38-66(65)70(68,56-42-40-50-22-6-8-26-54(50)44-56)64-36-16-14-32-62(64)60-34-20-28-52-24-10-12-30-58(52)60/h5-44H,1-4H3. The van der Waals surface area contributed by atoms with Gasteiger partial charge in [0.1, 0.15) is 0 Å². The average Bonchev–Trinajstić information content (AvgIpc) is 3.42. The van der Waals surface area contributed by atoms with Gasteiger partial charge in [0, 0.05) is 0 Å². The maximum absolute atomic E-state index is 2.51. The highest BCUT2D eigenvalue weighted by Crippen LogP contribution is 2.64. The number of rotatable bonds is 6. The molecule has 12 aromatic rings. The molecule has 0 heterocycles. The Morgan fingerprint density at radius 3 is 0.971 bits per heavy atom.